The Morgan fingerprint density at radius 1 is 1.39 bits per heavy atom. The van der Waals surface area contributed by atoms with Gasteiger partial charge in [-0.3, -0.25) is 9.59 Å². The Morgan fingerprint density at radius 3 is 2.87 bits per heavy atom. The van der Waals surface area contributed by atoms with Gasteiger partial charge in [0, 0.05) is 26.1 Å². The zero-order chi connectivity index (χ0) is 16.4. The average Bonchev–Trinajstić information content (AvgIpc) is 2.97. The third-order valence-electron chi connectivity index (χ3n) is 5.01. The molecule has 0 bridgehead atoms. The molecule has 2 amide bonds. The van der Waals surface area contributed by atoms with Crippen molar-refractivity contribution in [3.05, 3.63) is 36.3 Å². The maximum absolute atomic E-state index is 12.7. The minimum Gasteiger partial charge on any atom is -0.456 e. The first kappa shape index (κ1) is 15.8. The van der Waals surface area contributed by atoms with Crippen LogP contribution in [-0.4, -0.2) is 46.8 Å². The first-order chi connectivity index (χ1) is 11.1. The molecule has 0 aliphatic carbocycles. The van der Waals surface area contributed by atoms with Crippen LogP contribution in [0, 0.1) is 6.92 Å². The summed E-state index contributed by atoms with van der Waals surface area (Å²) in [5.41, 5.74) is -0.237. The molecule has 0 N–H and O–H groups in total. The molecule has 3 rings (SSSR count). The number of rotatable bonds is 3. The van der Waals surface area contributed by atoms with E-state index in [1.54, 1.807) is 18.2 Å². The molecule has 2 aliphatic rings. The fraction of sp³-hybridized carbons (Fsp3) is 0.556. The maximum atomic E-state index is 12.7. The molecule has 0 unspecified atom stereocenters. The third kappa shape index (κ3) is 2.92. The molecule has 5 nitrogen and oxygen atoms in total. The van der Waals surface area contributed by atoms with E-state index in [4.69, 9.17) is 4.42 Å². The van der Waals surface area contributed by atoms with Crippen molar-refractivity contribution in [3.8, 4) is 0 Å². The van der Waals surface area contributed by atoms with E-state index in [2.05, 4.69) is 6.58 Å². The van der Waals surface area contributed by atoms with E-state index < -0.39 is 0 Å². The van der Waals surface area contributed by atoms with Crippen LogP contribution in [0.15, 0.2) is 29.2 Å². The number of carbonyl (C=O) groups is 2. The van der Waals surface area contributed by atoms with Crippen LogP contribution in [0.1, 0.15) is 48.4 Å². The molecule has 2 aliphatic heterocycles. The van der Waals surface area contributed by atoms with Crippen LogP contribution in [0.4, 0.5) is 0 Å². The lowest BCUT2D eigenvalue weighted by atomic mass is 9.79. The van der Waals surface area contributed by atoms with Gasteiger partial charge in [-0.2, -0.15) is 0 Å². The molecule has 3 heterocycles. The van der Waals surface area contributed by atoms with Gasteiger partial charge in [-0.05, 0) is 44.7 Å². The fourth-order valence-corrected chi connectivity index (χ4v) is 3.94. The van der Waals surface area contributed by atoms with E-state index in [1.165, 1.54) is 0 Å². The molecule has 1 atom stereocenters. The second-order valence-corrected chi connectivity index (χ2v) is 6.61. The second-order valence-electron chi connectivity index (χ2n) is 6.61. The number of hydrogen-bond donors (Lipinski definition) is 0. The summed E-state index contributed by atoms with van der Waals surface area (Å²) in [6, 6.07) is 3.54. The number of likely N-dealkylation sites (tertiary alicyclic amines) is 2. The van der Waals surface area contributed by atoms with Gasteiger partial charge in [-0.15, -0.1) is 6.58 Å². The number of aryl methyl sites for hydroxylation is 1. The SMILES string of the molecule is C=CCN1C(=O)CCC[C@]12CCCN(C(=O)c1ccc(C)o1)C2. The number of furan rings is 1. The molecular weight excluding hydrogens is 292 g/mol. The van der Waals surface area contributed by atoms with Crippen LogP contribution >= 0.6 is 0 Å². The van der Waals surface area contributed by atoms with Gasteiger partial charge < -0.3 is 14.2 Å². The van der Waals surface area contributed by atoms with Crippen molar-refractivity contribution in [2.24, 2.45) is 0 Å². The molecule has 1 spiro atoms. The van der Waals surface area contributed by atoms with Crippen molar-refractivity contribution in [3.63, 3.8) is 0 Å². The van der Waals surface area contributed by atoms with Gasteiger partial charge in [0.25, 0.3) is 5.91 Å². The smallest absolute Gasteiger partial charge is 0.289 e. The highest BCUT2D eigenvalue weighted by Crippen LogP contribution is 2.37. The standard InChI is InChI=1S/C18H24N2O3/c1-3-11-20-16(21)6-4-9-18(20)10-5-12-19(13-18)17(22)15-8-7-14(2)23-15/h3,7-8H,1,4-6,9-13H2,2H3/t18-/m1/s1. The minimum atomic E-state index is -0.237. The summed E-state index contributed by atoms with van der Waals surface area (Å²) in [5, 5.41) is 0. The predicted molar refractivity (Wildman–Crippen MR) is 87.1 cm³/mol. The summed E-state index contributed by atoms with van der Waals surface area (Å²) in [6.45, 7) is 7.48. The van der Waals surface area contributed by atoms with Crippen LogP contribution < -0.4 is 0 Å². The van der Waals surface area contributed by atoms with Crippen LogP contribution in [0.25, 0.3) is 0 Å². The molecule has 124 valence electrons. The molecule has 5 heteroatoms. The summed E-state index contributed by atoms with van der Waals surface area (Å²) in [6.07, 6.45) is 6.09. The van der Waals surface area contributed by atoms with Crippen LogP contribution in [0.2, 0.25) is 0 Å². The van der Waals surface area contributed by atoms with Crippen molar-refractivity contribution < 1.29 is 14.0 Å². The highest BCUT2D eigenvalue weighted by molar-refractivity contribution is 5.91. The van der Waals surface area contributed by atoms with Gasteiger partial charge in [-0.25, -0.2) is 0 Å². The van der Waals surface area contributed by atoms with Crippen LogP contribution in [-0.2, 0) is 4.79 Å². The minimum absolute atomic E-state index is 0.0752. The Bertz CT molecular complexity index is 618. The maximum Gasteiger partial charge on any atom is 0.289 e. The summed E-state index contributed by atoms with van der Waals surface area (Å²) in [7, 11) is 0. The largest absolute Gasteiger partial charge is 0.456 e. The summed E-state index contributed by atoms with van der Waals surface area (Å²) < 4.78 is 5.48. The van der Waals surface area contributed by atoms with Crippen molar-refractivity contribution in [2.45, 2.75) is 44.6 Å². The lowest BCUT2D eigenvalue weighted by Crippen LogP contribution is -2.63. The first-order valence-electron chi connectivity index (χ1n) is 8.33. The summed E-state index contributed by atoms with van der Waals surface area (Å²) in [4.78, 5) is 28.8. The number of hydrogen-bond acceptors (Lipinski definition) is 3. The molecule has 1 aromatic rings. The van der Waals surface area contributed by atoms with E-state index >= 15 is 0 Å². The van der Waals surface area contributed by atoms with Gasteiger partial charge >= 0.3 is 0 Å². The quantitative estimate of drug-likeness (QED) is 0.806. The highest BCUT2D eigenvalue weighted by Gasteiger charge is 2.45. The van der Waals surface area contributed by atoms with Crippen molar-refractivity contribution in [2.75, 3.05) is 19.6 Å². The van der Waals surface area contributed by atoms with E-state index in [9.17, 15) is 9.59 Å². The molecule has 2 saturated heterocycles. The van der Waals surface area contributed by atoms with Gasteiger partial charge in [0.2, 0.25) is 5.91 Å². The van der Waals surface area contributed by atoms with Crippen molar-refractivity contribution >= 4 is 11.8 Å². The molecule has 1 aromatic heterocycles. The second kappa shape index (κ2) is 6.22. The Hall–Kier alpha value is -2.04. The first-order valence-corrected chi connectivity index (χ1v) is 8.33. The lowest BCUT2D eigenvalue weighted by molar-refractivity contribution is -0.143. The average molecular weight is 316 g/mol. The zero-order valence-electron chi connectivity index (χ0n) is 13.7. The Balaban J connectivity index is 1.82. The molecule has 0 saturated carbocycles. The van der Waals surface area contributed by atoms with E-state index in [0.717, 1.165) is 38.0 Å². The topological polar surface area (TPSA) is 53.8 Å². The molecule has 23 heavy (non-hydrogen) atoms. The van der Waals surface area contributed by atoms with Gasteiger partial charge in [-0.1, -0.05) is 6.08 Å². The van der Waals surface area contributed by atoms with Gasteiger partial charge in [0.1, 0.15) is 5.76 Å². The Labute approximate surface area is 136 Å². The number of nitrogens with zero attached hydrogens (tertiary/aromatic N) is 2. The molecule has 0 radical (unpaired) electrons. The van der Waals surface area contributed by atoms with E-state index in [1.807, 2.05) is 16.7 Å². The fourth-order valence-electron chi connectivity index (χ4n) is 3.94. The predicted octanol–water partition coefficient (Wildman–Crippen LogP) is 2.76. The Kier molecular flexibility index (Phi) is 4.28. The van der Waals surface area contributed by atoms with E-state index in [-0.39, 0.29) is 17.4 Å². The van der Waals surface area contributed by atoms with Crippen LogP contribution in [0.5, 0.6) is 0 Å². The van der Waals surface area contributed by atoms with Crippen LogP contribution in [0.3, 0.4) is 0 Å². The highest BCUT2D eigenvalue weighted by atomic mass is 16.3. The number of amides is 2. The summed E-state index contributed by atoms with van der Waals surface area (Å²) >= 11 is 0. The normalized spacial score (nSPS) is 25.0. The summed E-state index contributed by atoms with van der Waals surface area (Å²) in [5.74, 6) is 1.23. The van der Waals surface area contributed by atoms with E-state index in [0.29, 0.717) is 25.3 Å². The van der Waals surface area contributed by atoms with Gasteiger partial charge in [0.05, 0.1) is 5.54 Å². The zero-order valence-corrected chi connectivity index (χ0v) is 13.7. The monoisotopic (exact) mass is 316 g/mol. The van der Waals surface area contributed by atoms with Gasteiger partial charge in [0.15, 0.2) is 5.76 Å². The molecule has 2 fully saturated rings. The molecular formula is C18H24N2O3. The van der Waals surface area contributed by atoms with Crippen molar-refractivity contribution in [1.29, 1.82) is 0 Å². The number of carbonyl (C=O) groups excluding carboxylic acids is 2. The lowest BCUT2D eigenvalue weighted by Gasteiger charge is -2.51. The molecule has 0 aromatic carbocycles. The third-order valence-corrected chi connectivity index (χ3v) is 5.01. The number of piperidine rings is 2. The van der Waals surface area contributed by atoms with Crippen molar-refractivity contribution in [1.82, 2.24) is 9.80 Å². The Morgan fingerprint density at radius 2 is 2.17 bits per heavy atom.